The van der Waals surface area contributed by atoms with E-state index in [1.165, 1.54) is 6.42 Å². The molecule has 0 bridgehead atoms. The van der Waals surface area contributed by atoms with Gasteiger partial charge in [0.1, 0.15) is 18.1 Å². The number of para-hydroxylation sites is 1. The summed E-state index contributed by atoms with van der Waals surface area (Å²) in [5.74, 6) is 1.55. The van der Waals surface area contributed by atoms with Crippen LogP contribution in [0.1, 0.15) is 73.0 Å². The van der Waals surface area contributed by atoms with Gasteiger partial charge in [-0.25, -0.2) is 8.42 Å². The van der Waals surface area contributed by atoms with Crippen molar-refractivity contribution < 1.29 is 17.7 Å². The predicted molar refractivity (Wildman–Crippen MR) is 166 cm³/mol. The minimum Gasteiger partial charge on any atom is -0.489 e. The summed E-state index contributed by atoms with van der Waals surface area (Å²) < 4.78 is 42.4. The average Bonchev–Trinajstić information content (AvgIpc) is 3.28. The summed E-state index contributed by atoms with van der Waals surface area (Å²) >= 11 is 0. The van der Waals surface area contributed by atoms with Crippen LogP contribution < -0.4 is 9.46 Å². The summed E-state index contributed by atoms with van der Waals surface area (Å²) in [5, 5.41) is 3.97. The molecule has 1 atom stereocenters. The molecule has 0 spiro atoms. The number of hydrogen-bond acceptors (Lipinski definition) is 5. The highest BCUT2D eigenvalue weighted by Gasteiger charge is 2.28. The summed E-state index contributed by atoms with van der Waals surface area (Å²) in [5.41, 5.74) is 4.61. The Morgan fingerprint density at radius 3 is 2.34 bits per heavy atom. The largest absolute Gasteiger partial charge is 0.489 e. The zero-order valence-electron chi connectivity index (χ0n) is 24.4. The second-order valence-electron chi connectivity index (χ2n) is 10.4. The van der Waals surface area contributed by atoms with Crippen LogP contribution in [-0.2, 0) is 16.6 Å². The van der Waals surface area contributed by atoms with Crippen LogP contribution in [0.4, 0.5) is 5.82 Å². The normalized spacial score (nSPS) is 12.2. The number of aromatic nitrogens is 1. The first-order valence-electron chi connectivity index (χ1n) is 14.2. The number of nitrogens with one attached hydrogen (secondary N) is 1. The molecule has 0 amide bonds. The van der Waals surface area contributed by atoms with Crippen LogP contribution in [0.3, 0.4) is 0 Å². The third-order valence-electron chi connectivity index (χ3n) is 7.60. The molecule has 1 N–H and O–H groups in total. The first-order valence-corrected chi connectivity index (χ1v) is 15.7. The smallest absolute Gasteiger partial charge is 0.264 e. The number of ether oxygens (including phenoxy) is 1. The number of unbranched alkanes of at least 4 members (excludes halogenated alkanes) is 3. The van der Waals surface area contributed by atoms with Crippen molar-refractivity contribution in [2.24, 2.45) is 0 Å². The summed E-state index contributed by atoms with van der Waals surface area (Å²) in [6, 6.07) is 21.3. The molecule has 1 heterocycles. The van der Waals surface area contributed by atoms with E-state index in [-0.39, 0.29) is 16.6 Å². The van der Waals surface area contributed by atoms with E-state index in [0.29, 0.717) is 29.1 Å². The molecule has 0 radical (unpaired) electrons. The third kappa shape index (κ3) is 7.09. The van der Waals surface area contributed by atoms with Crippen molar-refractivity contribution in [1.82, 2.24) is 5.16 Å². The Morgan fingerprint density at radius 1 is 0.927 bits per heavy atom. The SMILES string of the molecule is C=CC(CCCCCC)c1ccc(-c2ccccc2COc2ccccc2)c(S(=O)(=O)Nc2noc(C)c2C)c1C. The number of nitrogens with zero attached hydrogens (tertiary/aromatic N) is 1. The number of benzene rings is 3. The maximum Gasteiger partial charge on any atom is 0.264 e. The van der Waals surface area contributed by atoms with Gasteiger partial charge >= 0.3 is 0 Å². The van der Waals surface area contributed by atoms with Gasteiger partial charge in [-0.2, -0.15) is 0 Å². The number of allylic oxidation sites excluding steroid dienone is 1. The Hall–Kier alpha value is -3.84. The molecule has 1 aromatic heterocycles. The zero-order chi connectivity index (χ0) is 29.4. The van der Waals surface area contributed by atoms with Gasteiger partial charge in [0.25, 0.3) is 10.0 Å². The van der Waals surface area contributed by atoms with Crippen molar-refractivity contribution in [3.63, 3.8) is 0 Å². The Balaban J connectivity index is 1.81. The highest BCUT2D eigenvalue weighted by Crippen LogP contribution is 2.39. The highest BCUT2D eigenvalue weighted by molar-refractivity contribution is 7.93. The fourth-order valence-corrected chi connectivity index (χ4v) is 6.67. The first-order chi connectivity index (χ1) is 19.8. The van der Waals surface area contributed by atoms with Gasteiger partial charge < -0.3 is 9.26 Å². The van der Waals surface area contributed by atoms with Crippen molar-refractivity contribution in [3.05, 3.63) is 107 Å². The second-order valence-corrected chi connectivity index (χ2v) is 12.0. The molecule has 0 saturated heterocycles. The Morgan fingerprint density at radius 2 is 1.66 bits per heavy atom. The molecule has 1 unspecified atom stereocenters. The van der Waals surface area contributed by atoms with Gasteiger partial charge in [-0.1, -0.05) is 98.4 Å². The number of hydrogen-bond donors (Lipinski definition) is 1. The second kappa shape index (κ2) is 13.7. The highest BCUT2D eigenvalue weighted by atomic mass is 32.2. The number of anilines is 1. The Labute approximate surface area is 244 Å². The van der Waals surface area contributed by atoms with Gasteiger partial charge in [0.05, 0.1) is 4.90 Å². The van der Waals surface area contributed by atoms with Crippen molar-refractivity contribution in [1.29, 1.82) is 0 Å². The minimum absolute atomic E-state index is 0.0440. The van der Waals surface area contributed by atoms with Gasteiger partial charge in [0, 0.05) is 17.0 Å². The molecule has 216 valence electrons. The first kappa shape index (κ1) is 30.1. The summed E-state index contributed by atoms with van der Waals surface area (Å²) in [7, 11) is -4.06. The standard InChI is InChI=1S/C34H40N2O4S/c1-6-8-9-11-16-27(7-2)30-21-22-32(31-20-15-14-17-28(31)23-39-29-18-12-10-13-19-29)33(25(30)4)41(37,38)36-34-24(3)26(5)40-35-34/h7,10,12-15,17-22,27H,2,6,8-9,11,16,23H2,1,3-5H3,(H,35,36). The quantitative estimate of drug-likeness (QED) is 0.121. The van der Waals surface area contributed by atoms with Crippen LogP contribution in [0, 0.1) is 20.8 Å². The monoisotopic (exact) mass is 572 g/mol. The van der Waals surface area contributed by atoms with Crippen LogP contribution >= 0.6 is 0 Å². The molecule has 7 heteroatoms. The Kier molecular flexibility index (Phi) is 10.1. The average molecular weight is 573 g/mol. The van der Waals surface area contributed by atoms with Crippen LogP contribution in [0.2, 0.25) is 0 Å². The number of aryl methyl sites for hydroxylation is 1. The fourth-order valence-electron chi connectivity index (χ4n) is 5.14. The van der Waals surface area contributed by atoms with Crippen LogP contribution in [-0.4, -0.2) is 13.6 Å². The van der Waals surface area contributed by atoms with E-state index in [1.807, 2.05) is 73.7 Å². The van der Waals surface area contributed by atoms with E-state index in [1.54, 1.807) is 13.8 Å². The lowest BCUT2D eigenvalue weighted by atomic mass is 9.87. The maximum atomic E-state index is 14.2. The zero-order valence-corrected chi connectivity index (χ0v) is 25.3. The molecule has 0 aliphatic heterocycles. The van der Waals surface area contributed by atoms with Gasteiger partial charge in [0.15, 0.2) is 5.82 Å². The van der Waals surface area contributed by atoms with Crippen molar-refractivity contribution in [2.45, 2.75) is 77.2 Å². The molecular weight excluding hydrogens is 532 g/mol. The van der Waals surface area contributed by atoms with Gasteiger partial charge in [-0.05, 0) is 61.6 Å². The van der Waals surface area contributed by atoms with Gasteiger partial charge in [0.2, 0.25) is 0 Å². The number of sulfonamides is 1. The van der Waals surface area contributed by atoms with E-state index in [2.05, 4.69) is 29.4 Å². The third-order valence-corrected chi connectivity index (χ3v) is 9.13. The van der Waals surface area contributed by atoms with Crippen LogP contribution in [0.5, 0.6) is 5.75 Å². The Bertz CT molecular complexity index is 1580. The van der Waals surface area contributed by atoms with E-state index in [9.17, 15) is 8.42 Å². The molecule has 41 heavy (non-hydrogen) atoms. The van der Waals surface area contributed by atoms with Gasteiger partial charge in [-0.15, -0.1) is 6.58 Å². The lowest BCUT2D eigenvalue weighted by molar-refractivity contribution is 0.306. The predicted octanol–water partition coefficient (Wildman–Crippen LogP) is 8.89. The molecule has 0 aliphatic carbocycles. The molecule has 0 saturated carbocycles. The van der Waals surface area contributed by atoms with E-state index >= 15 is 0 Å². The van der Waals surface area contributed by atoms with E-state index < -0.39 is 10.0 Å². The molecule has 0 fully saturated rings. The lowest BCUT2D eigenvalue weighted by Crippen LogP contribution is -2.18. The number of rotatable bonds is 14. The van der Waals surface area contributed by atoms with Gasteiger partial charge in [-0.3, -0.25) is 4.72 Å². The molecule has 0 aliphatic rings. The van der Waals surface area contributed by atoms with Crippen LogP contribution in [0.15, 0.2) is 88.8 Å². The summed E-state index contributed by atoms with van der Waals surface area (Å²) in [6.45, 7) is 12.0. The topological polar surface area (TPSA) is 81.4 Å². The van der Waals surface area contributed by atoms with Crippen molar-refractivity contribution in [2.75, 3.05) is 4.72 Å². The molecular formula is C34H40N2O4S. The molecule has 3 aromatic carbocycles. The maximum absolute atomic E-state index is 14.2. The molecule has 4 aromatic rings. The lowest BCUT2D eigenvalue weighted by Gasteiger charge is -2.22. The fraction of sp³-hybridized carbons (Fsp3) is 0.324. The minimum atomic E-state index is -4.06. The van der Waals surface area contributed by atoms with E-state index in [4.69, 9.17) is 9.26 Å². The van der Waals surface area contributed by atoms with E-state index in [0.717, 1.165) is 48.1 Å². The summed E-state index contributed by atoms with van der Waals surface area (Å²) in [6.07, 6.45) is 7.40. The summed E-state index contributed by atoms with van der Waals surface area (Å²) in [4.78, 5) is 0.225. The van der Waals surface area contributed by atoms with Crippen LogP contribution in [0.25, 0.3) is 11.1 Å². The van der Waals surface area contributed by atoms with Crippen molar-refractivity contribution in [3.8, 4) is 16.9 Å². The molecule has 4 rings (SSSR count). The molecule has 6 nitrogen and oxygen atoms in total. The van der Waals surface area contributed by atoms with Crippen molar-refractivity contribution >= 4 is 15.8 Å².